The fourth-order valence-corrected chi connectivity index (χ4v) is 6.41. The van der Waals surface area contributed by atoms with Crippen molar-refractivity contribution < 1.29 is 37.6 Å². The largest absolute Gasteiger partial charge is 0.756 e. The first kappa shape index (κ1) is 49.5. The number of rotatable bonds is 39. The molecule has 0 aromatic rings. The summed E-state index contributed by atoms with van der Waals surface area (Å²) < 4.78 is 32.2. The maximum atomic E-state index is 12.5. The second kappa shape index (κ2) is 38.2. The molecule has 0 aliphatic carbocycles. The van der Waals surface area contributed by atoms with Gasteiger partial charge in [0.1, 0.15) is 6.61 Å². The van der Waals surface area contributed by atoms with Gasteiger partial charge in [0.05, 0.1) is 6.61 Å². The van der Waals surface area contributed by atoms with Gasteiger partial charge in [-0.25, -0.2) is 0 Å². The fraction of sp³-hybridized carbons (Fsp3) is 0.854. The van der Waals surface area contributed by atoms with Crippen molar-refractivity contribution in [3.63, 3.8) is 0 Å². The summed E-state index contributed by atoms with van der Waals surface area (Å²) in [7, 11) is -4.66. The van der Waals surface area contributed by atoms with Gasteiger partial charge in [0.15, 0.2) is 6.10 Å². The molecule has 9 nitrogen and oxygen atoms in total. The molecule has 300 valence electrons. The lowest BCUT2D eigenvalue weighted by Crippen LogP contribution is -2.30. The number of hydrogen-bond donors (Lipinski definition) is 0. The highest BCUT2D eigenvalue weighted by molar-refractivity contribution is 7.45. The molecule has 0 amide bonds. The summed E-state index contributed by atoms with van der Waals surface area (Å²) in [5.74, 6) is -0.899. The van der Waals surface area contributed by atoms with Crippen LogP contribution in [-0.4, -0.2) is 44.4 Å². The fourth-order valence-electron chi connectivity index (χ4n) is 5.67. The van der Waals surface area contributed by atoms with Crippen LogP contribution in [0.2, 0.25) is 0 Å². The minimum absolute atomic E-state index is 0.196. The zero-order chi connectivity index (χ0) is 37.5. The van der Waals surface area contributed by atoms with E-state index in [0.717, 1.165) is 64.2 Å². The van der Waals surface area contributed by atoms with E-state index < -0.39 is 32.5 Å². The van der Waals surface area contributed by atoms with Crippen molar-refractivity contribution in [1.82, 2.24) is 0 Å². The van der Waals surface area contributed by atoms with E-state index in [1.165, 1.54) is 89.9 Å². The Hall–Kier alpha value is -1.51. The van der Waals surface area contributed by atoms with Crippen LogP contribution >= 0.6 is 7.82 Å². The molecule has 10 heteroatoms. The maximum Gasteiger partial charge on any atom is 0.306 e. The molecule has 0 saturated carbocycles. The van der Waals surface area contributed by atoms with Gasteiger partial charge in [-0.3, -0.25) is 14.2 Å². The molecule has 0 radical (unpaired) electrons. The first-order valence-electron chi connectivity index (χ1n) is 20.7. The van der Waals surface area contributed by atoms with E-state index in [1.54, 1.807) is 0 Å². The number of carbonyl (C=O) groups is 2. The molecule has 0 aliphatic heterocycles. The predicted octanol–water partition coefficient (Wildman–Crippen LogP) is 12.1. The standard InChI is InChI=1S/C41H77NO8P/c1-3-5-7-9-11-13-15-17-19-21-23-25-27-29-31-33-40(43)47-37-39(38-49-51(45,46)48-36-35-42)50-41(44)34-32-30-28-26-24-22-20-18-16-14-12-10-8-6-4-2/h17-20,39,42H,3-16,21-38H2,1-2H3,(H,45,46)/q-1/p-1/b19-17-,20-18-/t39-/m1/s1. The van der Waals surface area contributed by atoms with Crippen molar-refractivity contribution in [1.29, 1.82) is 0 Å². The van der Waals surface area contributed by atoms with Gasteiger partial charge in [0.25, 0.3) is 7.82 Å². The van der Waals surface area contributed by atoms with Crippen LogP contribution in [0.5, 0.6) is 0 Å². The molecule has 1 N–H and O–H groups in total. The Morgan fingerprint density at radius 3 is 1.39 bits per heavy atom. The van der Waals surface area contributed by atoms with Gasteiger partial charge in [0.2, 0.25) is 0 Å². The summed E-state index contributed by atoms with van der Waals surface area (Å²) in [6, 6.07) is 0. The molecular formula is C41H76NO8P-2. The van der Waals surface area contributed by atoms with Crippen molar-refractivity contribution in [2.75, 3.05) is 26.4 Å². The first-order chi connectivity index (χ1) is 24.8. The van der Waals surface area contributed by atoms with Crippen molar-refractivity contribution in [2.45, 2.75) is 200 Å². The maximum absolute atomic E-state index is 12.5. The average Bonchev–Trinajstić information content (AvgIpc) is 3.11. The molecule has 0 aromatic carbocycles. The molecule has 0 aliphatic rings. The first-order valence-corrected chi connectivity index (χ1v) is 22.2. The van der Waals surface area contributed by atoms with Gasteiger partial charge < -0.3 is 29.1 Å². The third-order valence-electron chi connectivity index (χ3n) is 8.78. The second-order valence-electron chi connectivity index (χ2n) is 13.8. The average molecular weight is 742 g/mol. The Balaban J connectivity index is 4.20. The number of allylic oxidation sites excluding steroid dienone is 4. The van der Waals surface area contributed by atoms with E-state index in [1.807, 2.05) is 0 Å². The van der Waals surface area contributed by atoms with E-state index in [-0.39, 0.29) is 32.6 Å². The number of hydrogen-bond acceptors (Lipinski definition) is 8. The number of carbonyl (C=O) groups excluding carboxylic acids is 2. The van der Waals surface area contributed by atoms with Crippen molar-refractivity contribution >= 4 is 19.8 Å². The zero-order valence-electron chi connectivity index (χ0n) is 32.7. The van der Waals surface area contributed by atoms with Crippen LogP contribution in [0.1, 0.15) is 194 Å². The molecule has 0 aromatic heterocycles. The summed E-state index contributed by atoms with van der Waals surface area (Å²) in [5.41, 5.74) is 7.07. The summed E-state index contributed by atoms with van der Waals surface area (Å²) in [5, 5.41) is 0. The number of phosphoric ester groups is 1. The number of ether oxygens (including phenoxy) is 2. The summed E-state index contributed by atoms with van der Waals surface area (Å²) in [6.07, 6.45) is 38.8. The number of phosphoric acid groups is 1. The third-order valence-corrected chi connectivity index (χ3v) is 9.75. The Kier molecular flexibility index (Phi) is 37.1. The SMILES string of the molecule is CCCCCCCC/C=C\CCCCCCCC(=O)OC[C@H](COP(=O)([O-])OCC[NH-])OC(=O)CCCCCCC/C=C\CCCCCCCC. The van der Waals surface area contributed by atoms with Gasteiger partial charge >= 0.3 is 11.9 Å². The molecule has 51 heavy (non-hydrogen) atoms. The minimum Gasteiger partial charge on any atom is -0.756 e. The Morgan fingerprint density at radius 1 is 0.569 bits per heavy atom. The summed E-state index contributed by atoms with van der Waals surface area (Å²) in [6.45, 7) is 3.11. The third kappa shape index (κ3) is 38.0. The highest BCUT2D eigenvalue weighted by Gasteiger charge is 2.20. The van der Waals surface area contributed by atoms with Gasteiger partial charge in [-0.15, -0.1) is 6.54 Å². The molecule has 1 unspecified atom stereocenters. The Labute approximate surface area is 312 Å². The van der Waals surface area contributed by atoms with E-state index in [9.17, 15) is 19.0 Å². The number of unbranched alkanes of at least 4 members (excludes halogenated alkanes) is 22. The van der Waals surface area contributed by atoms with Gasteiger partial charge in [-0.1, -0.05) is 141 Å². The van der Waals surface area contributed by atoms with E-state index >= 15 is 0 Å². The van der Waals surface area contributed by atoms with Crippen molar-refractivity contribution in [3.8, 4) is 0 Å². The predicted molar refractivity (Wildman–Crippen MR) is 208 cm³/mol. The lowest BCUT2D eigenvalue weighted by molar-refractivity contribution is -0.228. The van der Waals surface area contributed by atoms with Gasteiger partial charge in [-0.05, 0) is 64.2 Å². The quantitative estimate of drug-likeness (QED) is 0.0263. The van der Waals surface area contributed by atoms with Crippen LogP contribution in [0.25, 0.3) is 5.73 Å². The van der Waals surface area contributed by atoms with Crippen LogP contribution in [-0.2, 0) is 32.7 Å². The van der Waals surface area contributed by atoms with Crippen LogP contribution in [0.3, 0.4) is 0 Å². The highest BCUT2D eigenvalue weighted by atomic mass is 31.2. The topological polar surface area (TPSA) is 135 Å². The van der Waals surface area contributed by atoms with Crippen molar-refractivity contribution in [2.24, 2.45) is 0 Å². The van der Waals surface area contributed by atoms with Crippen molar-refractivity contribution in [3.05, 3.63) is 30.0 Å². The van der Waals surface area contributed by atoms with Gasteiger partial charge in [-0.2, -0.15) is 0 Å². The second-order valence-corrected chi connectivity index (χ2v) is 15.2. The van der Waals surface area contributed by atoms with E-state index in [0.29, 0.717) is 12.8 Å². The lowest BCUT2D eigenvalue weighted by atomic mass is 10.1. The number of esters is 2. The summed E-state index contributed by atoms with van der Waals surface area (Å²) >= 11 is 0. The number of nitrogens with one attached hydrogen (secondary N) is 1. The Bertz CT molecular complexity index is 897. The molecule has 0 heterocycles. The zero-order valence-corrected chi connectivity index (χ0v) is 33.6. The van der Waals surface area contributed by atoms with Crippen LogP contribution in [0, 0.1) is 0 Å². The smallest absolute Gasteiger partial charge is 0.306 e. The lowest BCUT2D eigenvalue weighted by Gasteiger charge is -2.26. The molecule has 0 spiro atoms. The molecule has 0 rings (SSSR count). The molecular weight excluding hydrogens is 665 g/mol. The normalized spacial score (nSPS) is 13.6. The van der Waals surface area contributed by atoms with E-state index in [2.05, 4.69) is 42.7 Å². The Morgan fingerprint density at radius 2 is 0.961 bits per heavy atom. The van der Waals surface area contributed by atoms with Crippen LogP contribution in [0.4, 0.5) is 0 Å². The molecule has 0 bridgehead atoms. The molecule has 2 atom stereocenters. The van der Waals surface area contributed by atoms with Gasteiger partial charge in [0, 0.05) is 19.4 Å². The van der Waals surface area contributed by atoms with Crippen LogP contribution < -0.4 is 4.89 Å². The molecule has 0 fully saturated rings. The monoisotopic (exact) mass is 742 g/mol. The molecule has 0 saturated heterocycles. The highest BCUT2D eigenvalue weighted by Crippen LogP contribution is 2.38. The van der Waals surface area contributed by atoms with E-state index in [4.69, 9.17) is 19.7 Å². The minimum atomic E-state index is -4.66. The van der Waals surface area contributed by atoms with Crippen LogP contribution in [0.15, 0.2) is 24.3 Å². The summed E-state index contributed by atoms with van der Waals surface area (Å²) in [4.78, 5) is 36.8.